The SMILES string of the molecule is COc1ccc(C(N)CN2CCN(CC(C)C)CC2)cc1. The number of rotatable bonds is 6. The van der Waals surface area contributed by atoms with E-state index < -0.39 is 0 Å². The van der Waals surface area contributed by atoms with E-state index in [1.807, 2.05) is 12.1 Å². The average Bonchev–Trinajstić information content (AvgIpc) is 2.49. The summed E-state index contributed by atoms with van der Waals surface area (Å²) in [5.74, 6) is 1.63. The van der Waals surface area contributed by atoms with Gasteiger partial charge in [-0.2, -0.15) is 0 Å². The second-order valence-electron chi connectivity index (χ2n) is 6.37. The van der Waals surface area contributed by atoms with Crippen molar-refractivity contribution in [3.8, 4) is 5.75 Å². The Bertz CT molecular complexity index is 411. The highest BCUT2D eigenvalue weighted by atomic mass is 16.5. The summed E-state index contributed by atoms with van der Waals surface area (Å²) >= 11 is 0. The third-order valence-corrected chi connectivity index (χ3v) is 4.09. The Hall–Kier alpha value is -1.10. The van der Waals surface area contributed by atoms with Crippen LogP contribution < -0.4 is 10.5 Å². The number of hydrogen-bond acceptors (Lipinski definition) is 4. The molecule has 0 radical (unpaired) electrons. The second-order valence-corrected chi connectivity index (χ2v) is 6.37. The standard InChI is InChI=1S/C17H29N3O/c1-14(2)12-19-8-10-20(11-9-19)13-17(18)15-4-6-16(21-3)7-5-15/h4-7,14,17H,8-13,18H2,1-3H3. The molecule has 0 amide bonds. The van der Waals surface area contributed by atoms with Crippen LogP contribution in [0.4, 0.5) is 0 Å². The van der Waals surface area contributed by atoms with E-state index in [0.29, 0.717) is 0 Å². The lowest BCUT2D eigenvalue weighted by Gasteiger charge is -2.36. The van der Waals surface area contributed by atoms with Crippen LogP contribution in [0.15, 0.2) is 24.3 Å². The first-order chi connectivity index (χ1) is 10.1. The topological polar surface area (TPSA) is 41.7 Å². The van der Waals surface area contributed by atoms with Crippen LogP contribution in [0.5, 0.6) is 5.75 Å². The minimum atomic E-state index is 0.0764. The molecule has 1 unspecified atom stereocenters. The number of nitrogens with two attached hydrogens (primary N) is 1. The Kier molecular flexibility index (Phi) is 6.03. The summed E-state index contributed by atoms with van der Waals surface area (Å²) in [5, 5.41) is 0. The highest BCUT2D eigenvalue weighted by Gasteiger charge is 2.19. The average molecular weight is 291 g/mol. The maximum Gasteiger partial charge on any atom is 0.118 e. The number of nitrogens with zero attached hydrogens (tertiary/aromatic N) is 2. The van der Waals surface area contributed by atoms with Crippen LogP contribution in [-0.2, 0) is 0 Å². The molecule has 1 heterocycles. The van der Waals surface area contributed by atoms with Gasteiger partial charge in [-0.05, 0) is 23.6 Å². The molecule has 4 nitrogen and oxygen atoms in total. The molecule has 1 aliphatic heterocycles. The lowest BCUT2D eigenvalue weighted by molar-refractivity contribution is 0.117. The smallest absolute Gasteiger partial charge is 0.118 e. The zero-order valence-electron chi connectivity index (χ0n) is 13.6. The van der Waals surface area contributed by atoms with Crippen molar-refractivity contribution in [1.29, 1.82) is 0 Å². The molecule has 0 saturated carbocycles. The van der Waals surface area contributed by atoms with Gasteiger partial charge in [-0.25, -0.2) is 0 Å². The van der Waals surface area contributed by atoms with Crippen molar-refractivity contribution >= 4 is 0 Å². The number of methoxy groups -OCH3 is 1. The van der Waals surface area contributed by atoms with Crippen LogP contribution in [0.3, 0.4) is 0 Å². The fraction of sp³-hybridized carbons (Fsp3) is 0.647. The Labute approximate surface area is 128 Å². The van der Waals surface area contributed by atoms with E-state index in [1.54, 1.807) is 7.11 Å². The van der Waals surface area contributed by atoms with Crippen molar-refractivity contribution in [3.05, 3.63) is 29.8 Å². The predicted octanol–water partition coefficient (Wildman–Crippen LogP) is 1.97. The monoisotopic (exact) mass is 291 g/mol. The molecule has 1 atom stereocenters. The highest BCUT2D eigenvalue weighted by molar-refractivity contribution is 5.29. The molecule has 1 aromatic rings. The van der Waals surface area contributed by atoms with Gasteiger partial charge in [0.25, 0.3) is 0 Å². The normalized spacial score (nSPS) is 18.9. The Balaban J connectivity index is 1.79. The number of ether oxygens (including phenoxy) is 1. The minimum Gasteiger partial charge on any atom is -0.497 e. The molecule has 1 aromatic carbocycles. The lowest BCUT2D eigenvalue weighted by Crippen LogP contribution is -2.49. The van der Waals surface area contributed by atoms with E-state index in [0.717, 1.165) is 44.4 Å². The van der Waals surface area contributed by atoms with Crippen molar-refractivity contribution in [1.82, 2.24) is 9.80 Å². The Morgan fingerprint density at radius 2 is 1.52 bits per heavy atom. The largest absolute Gasteiger partial charge is 0.497 e. The van der Waals surface area contributed by atoms with Gasteiger partial charge in [0, 0.05) is 45.3 Å². The van der Waals surface area contributed by atoms with Crippen LogP contribution in [0.25, 0.3) is 0 Å². The van der Waals surface area contributed by atoms with Crippen molar-refractivity contribution < 1.29 is 4.74 Å². The first kappa shape index (κ1) is 16.3. The molecule has 0 spiro atoms. The third-order valence-electron chi connectivity index (χ3n) is 4.09. The molecule has 118 valence electrons. The quantitative estimate of drug-likeness (QED) is 0.870. The van der Waals surface area contributed by atoms with Crippen LogP contribution in [0, 0.1) is 5.92 Å². The first-order valence-corrected chi connectivity index (χ1v) is 7.92. The molecule has 1 saturated heterocycles. The Morgan fingerprint density at radius 1 is 1.00 bits per heavy atom. The fourth-order valence-electron chi connectivity index (χ4n) is 2.91. The summed E-state index contributed by atoms with van der Waals surface area (Å²) < 4.78 is 5.19. The molecule has 1 aliphatic rings. The van der Waals surface area contributed by atoms with Crippen molar-refractivity contribution in [3.63, 3.8) is 0 Å². The maximum atomic E-state index is 6.34. The maximum absolute atomic E-state index is 6.34. The van der Waals surface area contributed by atoms with Crippen molar-refractivity contribution in [2.24, 2.45) is 11.7 Å². The lowest BCUT2D eigenvalue weighted by atomic mass is 10.1. The summed E-state index contributed by atoms with van der Waals surface area (Å²) in [6.07, 6.45) is 0. The van der Waals surface area contributed by atoms with Gasteiger partial charge >= 0.3 is 0 Å². The molecule has 2 N–H and O–H groups in total. The molecule has 0 aliphatic carbocycles. The zero-order chi connectivity index (χ0) is 15.2. The van der Waals surface area contributed by atoms with E-state index in [2.05, 4.69) is 35.8 Å². The van der Waals surface area contributed by atoms with Crippen molar-refractivity contribution in [2.75, 3.05) is 46.4 Å². The van der Waals surface area contributed by atoms with E-state index in [9.17, 15) is 0 Å². The second kappa shape index (κ2) is 7.78. The van der Waals surface area contributed by atoms with Crippen LogP contribution in [-0.4, -0.2) is 56.2 Å². The van der Waals surface area contributed by atoms with Gasteiger partial charge in [0.2, 0.25) is 0 Å². The molecule has 4 heteroatoms. The number of benzene rings is 1. The van der Waals surface area contributed by atoms with E-state index in [-0.39, 0.29) is 6.04 Å². The molecule has 1 fully saturated rings. The van der Waals surface area contributed by atoms with Gasteiger partial charge < -0.3 is 15.4 Å². The van der Waals surface area contributed by atoms with E-state index in [4.69, 9.17) is 10.5 Å². The predicted molar refractivity (Wildman–Crippen MR) is 87.6 cm³/mol. The summed E-state index contributed by atoms with van der Waals surface area (Å²) in [7, 11) is 1.69. The van der Waals surface area contributed by atoms with Gasteiger partial charge in [-0.1, -0.05) is 26.0 Å². The molecule has 0 aromatic heterocycles. The number of hydrogen-bond donors (Lipinski definition) is 1. The molecule has 2 rings (SSSR count). The molecule has 21 heavy (non-hydrogen) atoms. The third kappa shape index (κ3) is 4.99. The summed E-state index contributed by atoms with van der Waals surface area (Å²) in [6.45, 7) is 11.3. The van der Waals surface area contributed by atoms with E-state index in [1.165, 1.54) is 12.1 Å². The van der Waals surface area contributed by atoms with Crippen LogP contribution in [0.2, 0.25) is 0 Å². The summed E-state index contributed by atoms with van der Waals surface area (Å²) in [5.41, 5.74) is 7.52. The zero-order valence-corrected chi connectivity index (χ0v) is 13.6. The summed E-state index contributed by atoms with van der Waals surface area (Å²) in [6, 6.07) is 8.18. The van der Waals surface area contributed by atoms with Gasteiger partial charge in [0.1, 0.15) is 5.75 Å². The summed E-state index contributed by atoms with van der Waals surface area (Å²) in [4.78, 5) is 5.03. The first-order valence-electron chi connectivity index (χ1n) is 7.92. The highest BCUT2D eigenvalue weighted by Crippen LogP contribution is 2.17. The van der Waals surface area contributed by atoms with E-state index >= 15 is 0 Å². The van der Waals surface area contributed by atoms with Crippen molar-refractivity contribution in [2.45, 2.75) is 19.9 Å². The van der Waals surface area contributed by atoms with Gasteiger partial charge in [0.05, 0.1) is 7.11 Å². The van der Waals surface area contributed by atoms with Gasteiger partial charge in [0.15, 0.2) is 0 Å². The fourth-order valence-corrected chi connectivity index (χ4v) is 2.91. The minimum absolute atomic E-state index is 0.0764. The molecular formula is C17H29N3O. The van der Waals surface area contributed by atoms with Crippen LogP contribution in [0.1, 0.15) is 25.5 Å². The van der Waals surface area contributed by atoms with Gasteiger partial charge in [-0.3, -0.25) is 4.90 Å². The van der Waals surface area contributed by atoms with Gasteiger partial charge in [-0.15, -0.1) is 0 Å². The molecule has 0 bridgehead atoms. The van der Waals surface area contributed by atoms with Crippen LogP contribution >= 0.6 is 0 Å². The number of piperazine rings is 1. The Morgan fingerprint density at radius 3 is 2.00 bits per heavy atom. The molecular weight excluding hydrogens is 262 g/mol.